The Morgan fingerprint density at radius 2 is 2.04 bits per heavy atom. The van der Waals surface area contributed by atoms with Crippen LogP contribution in [0, 0.1) is 0 Å². The van der Waals surface area contributed by atoms with Crippen molar-refractivity contribution in [2.75, 3.05) is 13.7 Å². The number of nitrogens with zero attached hydrogens (tertiary/aromatic N) is 1. The molecule has 0 N–H and O–H groups in total. The van der Waals surface area contributed by atoms with Gasteiger partial charge in [-0.15, -0.1) is 0 Å². The summed E-state index contributed by atoms with van der Waals surface area (Å²) in [5.74, 6) is 0.957. The molecule has 0 aliphatic heterocycles. The van der Waals surface area contributed by atoms with Crippen LogP contribution < -0.4 is 0 Å². The third-order valence-electron chi connectivity index (χ3n) is 4.09. The number of ether oxygens (including phenoxy) is 1. The normalized spacial score (nSPS) is 12.5. The van der Waals surface area contributed by atoms with E-state index in [4.69, 9.17) is 9.15 Å². The average Bonchev–Trinajstić information content (AvgIpc) is 2.92. The van der Waals surface area contributed by atoms with E-state index in [9.17, 15) is 4.79 Å². The molecule has 1 aromatic heterocycles. The second-order valence-corrected chi connectivity index (χ2v) is 5.91. The molecule has 2 aromatic rings. The highest BCUT2D eigenvalue weighted by molar-refractivity contribution is 5.84. The number of amides is 1. The Morgan fingerprint density at radius 1 is 1.30 bits per heavy atom. The predicted molar refractivity (Wildman–Crippen MR) is 92.4 cm³/mol. The van der Waals surface area contributed by atoms with Gasteiger partial charge in [-0.2, -0.15) is 0 Å². The van der Waals surface area contributed by atoms with Crippen molar-refractivity contribution in [2.24, 2.45) is 0 Å². The molecule has 0 saturated carbocycles. The summed E-state index contributed by atoms with van der Waals surface area (Å²) in [7, 11) is 1.82. The molecule has 0 fully saturated rings. The highest BCUT2D eigenvalue weighted by Crippen LogP contribution is 2.27. The van der Waals surface area contributed by atoms with Gasteiger partial charge in [0.25, 0.3) is 5.91 Å². The zero-order chi connectivity index (χ0) is 16.8. The second-order valence-electron chi connectivity index (χ2n) is 5.91. The summed E-state index contributed by atoms with van der Waals surface area (Å²) >= 11 is 0. The number of unbranched alkanes of at least 4 members (excludes halogenated alkanes) is 1. The van der Waals surface area contributed by atoms with Crippen molar-refractivity contribution in [2.45, 2.75) is 52.7 Å². The molecule has 1 unspecified atom stereocenters. The molecule has 0 saturated heterocycles. The summed E-state index contributed by atoms with van der Waals surface area (Å²) < 4.78 is 11.5. The van der Waals surface area contributed by atoms with Gasteiger partial charge in [0.2, 0.25) is 0 Å². The van der Waals surface area contributed by atoms with E-state index in [1.807, 2.05) is 38.2 Å². The first-order valence-corrected chi connectivity index (χ1v) is 8.44. The van der Waals surface area contributed by atoms with Crippen LogP contribution in [0.3, 0.4) is 0 Å². The molecular weight excluding hydrogens is 290 g/mol. The van der Waals surface area contributed by atoms with E-state index in [0.717, 1.165) is 41.6 Å². The van der Waals surface area contributed by atoms with E-state index < -0.39 is 6.10 Å². The van der Waals surface area contributed by atoms with E-state index in [-0.39, 0.29) is 5.91 Å². The van der Waals surface area contributed by atoms with Crippen LogP contribution in [0.1, 0.15) is 44.9 Å². The zero-order valence-electron chi connectivity index (χ0n) is 14.6. The molecular formula is C19H27NO3. The number of fused-ring (bicyclic) bond motifs is 1. The van der Waals surface area contributed by atoms with Crippen molar-refractivity contribution < 1.29 is 13.9 Å². The lowest BCUT2D eigenvalue weighted by molar-refractivity contribution is -0.141. The molecule has 1 amide bonds. The lowest BCUT2D eigenvalue weighted by atomic mass is 10.1. The summed E-state index contributed by atoms with van der Waals surface area (Å²) in [4.78, 5) is 14.2. The van der Waals surface area contributed by atoms with Gasteiger partial charge >= 0.3 is 0 Å². The summed E-state index contributed by atoms with van der Waals surface area (Å²) in [6.45, 7) is 7.17. The van der Waals surface area contributed by atoms with Crippen LogP contribution in [0.5, 0.6) is 0 Å². The SMILES string of the molecule is CCCCOC(C)C(=O)N(C)Cc1c(CC)oc2ccccc12. The van der Waals surface area contributed by atoms with Gasteiger partial charge in [-0.3, -0.25) is 4.79 Å². The van der Waals surface area contributed by atoms with Gasteiger partial charge < -0.3 is 14.1 Å². The Kier molecular flexibility index (Phi) is 6.22. The fraction of sp³-hybridized carbons (Fsp3) is 0.526. The Bertz CT molecular complexity index is 647. The first kappa shape index (κ1) is 17.5. The molecule has 0 aliphatic carbocycles. The minimum absolute atomic E-state index is 0.00781. The molecule has 1 heterocycles. The second kappa shape index (κ2) is 8.16. The van der Waals surface area contributed by atoms with E-state index >= 15 is 0 Å². The fourth-order valence-electron chi connectivity index (χ4n) is 2.71. The third-order valence-corrected chi connectivity index (χ3v) is 4.09. The average molecular weight is 317 g/mol. The molecule has 0 spiro atoms. The number of para-hydroxylation sites is 1. The minimum atomic E-state index is -0.408. The van der Waals surface area contributed by atoms with E-state index in [1.165, 1.54) is 0 Å². The van der Waals surface area contributed by atoms with Crippen LogP contribution in [0.2, 0.25) is 0 Å². The van der Waals surface area contributed by atoms with Crippen LogP contribution in [0.4, 0.5) is 0 Å². The topological polar surface area (TPSA) is 42.7 Å². The molecule has 1 aromatic carbocycles. The number of carbonyl (C=O) groups is 1. The van der Waals surface area contributed by atoms with Crippen LogP contribution >= 0.6 is 0 Å². The van der Waals surface area contributed by atoms with Crippen molar-refractivity contribution in [3.63, 3.8) is 0 Å². The molecule has 4 heteroatoms. The largest absolute Gasteiger partial charge is 0.461 e. The minimum Gasteiger partial charge on any atom is -0.461 e. The van der Waals surface area contributed by atoms with Crippen LogP contribution in [-0.4, -0.2) is 30.6 Å². The fourth-order valence-corrected chi connectivity index (χ4v) is 2.71. The molecule has 0 aliphatic rings. The van der Waals surface area contributed by atoms with Crippen molar-refractivity contribution in [1.82, 2.24) is 4.90 Å². The number of aryl methyl sites for hydroxylation is 1. The van der Waals surface area contributed by atoms with Crippen LogP contribution in [-0.2, 0) is 22.5 Å². The van der Waals surface area contributed by atoms with Gasteiger partial charge in [-0.25, -0.2) is 0 Å². The molecule has 1 atom stereocenters. The highest BCUT2D eigenvalue weighted by atomic mass is 16.5. The number of likely N-dealkylation sites (N-methyl/N-ethyl adjacent to an activating group) is 1. The summed E-state index contributed by atoms with van der Waals surface area (Å²) in [6.07, 6.45) is 2.45. The molecule has 23 heavy (non-hydrogen) atoms. The Morgan fingerprint density at radius 3 is 2.74 bits per heavy atom. The molecule has 0 radical (unpaired) electrons. The number of hydrogen-bond donors (Lipinski definition) is 0. The lowest BCUT2D eigenvalue weighted by Crippen LogP contribution is -2.36. The maximum atomic E-state index is 12.5. The lowest BCUT2D eigenvalue weighted by Gasteiger charge is -2.21. The van der Waals surface area contributed by atoms with Crippen molar-refractivity contribution >= 4 is 16.9 Å². The number of hydrogen-bond acceptors (Lipinski definition) is 3. The zero-order valence-corrected chi connectivity index (χ0v) is 14.6. The van der Waals surface area contributed by atoms with Gasteiger partial charge in [0.1, 0.15) is 17.4 Å². The maximum Gasteiger partial charge on any atom is 0.251 e. The quantitative estimate of drug-likeness (QED) is 0.687. The third kappa shape index (κ3) is 4.14. The van der Waals surface area contributed by atoms with Crippen LogP contribution in [0.25, 0.3) is 11.0 Å². The van der Waals surface area contributed by atoms with Gasteiger partial charge in [0.15, 0.2) is 0 Å². The Labute approximate surface area is 138 Å². The van der Waals surface area contributed by atoms with Gasteiger partial charge in [-0.05, 0) is 19.4 Å². The molecule has 126 valence electrons. The first-order valence-electron chi connectivity index (χ1n) is 8.44. The van der Waals surface area contributed by atoms with Crippen molar-refractivity contribution in [1.29, 1.82) is 0 Å². The summed E-state index contributed by atoms with van der Waals surface area (Å²) in [5.41, 5.74) is 1.98. The van der Waals surface area contributed by atoms with Gasteiger partial charge in [0.05, 0.1) is 0 Å². The number of rotatable bonds is 8. The van der Waals surface area contributed by atoms with Crippen molar-refractivity contribution in [3.05, 3.63) is 35.6 Å². The molecule has 4 nitrogen and oxygen atoms in total. The van der Waals surface area contributed by atoms with Gasteiger partial charge in [-0.1, -0.05) is 38.5 Å². The monoisotopic (exact) mass is 317 g/mol. The van der Waals surface area contributed by atoms with Gasteiger partial charge in [0, 0.05) is 37.6 Å². The number of benzene rings is 1. The maximum absolute atomic E-state index is 12.5. The molecule has 2 rings (SSSR count). The summed E-state index contributed by atoms with van der Waals surface area (Å²) in [5, 5.41) is 1.09. The Hall–Kier alpha value is -1.81. The summed E-state index contributed by atoms with van der Waals surface area (Å²) in [6, 6.07) is 7.98. The van der Waals surface area contributed by atoms with Crippen molar-refractivity contribution in [3.8, 4) is 0 Å². The number of carbonyl (C=O) groups excluding carboxylic acids is 1. The standard InChI is InChI=1S/C19H27NO3/c1-5-7-12-22-14(3)19(21)20(4)13-16-15-10-8-9-11-18(15)23-17(16)6-2/h8-11,14H,5-7,12-13H2,1-4H3. The smallest absolute Gasteiger partial charge is 0.251 e. The Balaban J connectivity index is 2.10. The highest BCUT2D eigenvalue weighted by Gasteiger charge is 2.21. The molecule has 0 bridgehead atoms. The first-order chi connectivity index (χ1) is 11.1. The van der Waals surface area contributed by atoms with E-state index in [1.54, 1.807) is 4.90 Å². The number of furan rings is 1. The predicted octanol–water partition coefficient (Wildman–Crippen LogP) is 4.16. The van der Waals surface area contributed by atoms with E-state index in [0.29, 0.717) is 13.2 Å². The van der Waals surface area contributed by atoms with E-state index in [2.05, 4.69) is 13.8 Å². The van der Waals surface area contributed by atoms with Crippen LogP contribution in [0.15, 0.2) is 28.7 Å².